The van der Waals surface area contributed by atoms with Gasteiger partial charge in [0.2, 0.25) is 0 Å². The summed E-state index contributed by atoms with van der Waals surface area (Å²) >= 11 is 9.48. The van der Waals surface area contributed by atoms with Gasteiger partial charge in [-0.2, -0.15) is 0 Å². The number of aryl methyl sites for hydroxylation is 2. The first-order valence-corrected chi connectivity index (χ1v) is 7.98. The van der Waals surface area contributed by atoms with Gasteiger partial charge in [-0.1, -0.05) is 23.7 Å². The first-order chi connectivity index (χ1) is 10.9. The molecule has 0 atom stereocenters. The highest BCUT2D eigenvalue weighted by Gasteiger charge is 2.15. The Kier molecular flexibility index (Phi) is 4.04. The lowest BCUT2D eigenvalue weighted by Gasteiger charge is -2.09. The number of nitrogens with zero attached hydrogens (tertiary/aromatic N) is 2. The quantitative estimate of drug-likeness (QED) is 0.723. The Morgan fingerprint density at radius 3 is 2.39 bits per heavy atom. The van der Waals surface area contributed by atoms with Crippen LogP contribution in [0.2, 0.25) is 5.02 Å². The number of hydrogen-bond acceptors (Lipinski definition) is 2. The molecule has 1 aromatic heterocycles. The molecule has 0 saturated carbocycles. The Bertz CT molecular complexity index is 991. The molecule has 5 nitrogen and oxygen atoms in total. The minimum Gasteiger partial charge on any atom is -0.321 e. The minimum absolute atomic E-state index is 0.124. The SMILES string of the molecule is Cn1c(=O)n(C)c2cc(NC(=O)c3ccccc3Cl)c(Br)cc21. The molecule has 1 heterocycles. The lowest BCUT2D eigenvalue weighted by molar-refractivity contribution is 0.102. The summed E-state index contributed by atoms with van der Waals surface area (Å²) < 4.78 is 3.78. The zero-order valence-electron chi connectivity index (χ0n) is 12.4. The van der Waals surface area contributed by atoms with Crippen LogP contribution < -0.4 is 11.0 Å². The number of aromatic nitrogens is 2. The van der Waals surface area contributed by atoms with Crippen LogP contribution in [-0.4, -0.2) is 15.0 Å². The number of benzene rings is 2. The molecule has 3 rings (SSSR count). The van der Waals surface area contributed by atoms with E-state index in [1.807, 2.05) is 0 Å². The minimum atomic E-state index is -0.309. The molecule has 0 saturated heterocycles. The number of carbonyl (C=O) groups is 1. The maximum Gasteiger partial charge on any atom is 0.328 e. The highest BCUT2D eigenvalue weighted by molar-refractivity contribution is 9.10. The molecule has 0 aliphatic carbocycles. The van der Waals surface area contributed by atoms with Gasteiger partial charge in [-0.3, -0.25) is 13.9 Å². The van der Waals surface area contributed by atoms with Gasteiger partial charge in [0.15, 0.2) is 0 Å². The number of halogens is 2. The van der Waals surface area contributed by atoms with Gasteiger partial charge < -0.3 is 5.32 Å². The molecule has 1 N–H and O–H groups in total. The van der Waals surface area contributed by atoms with Gasteiger partial charge >= 0.3 is 5.69 Å². The van der Waals surface area contributed by atoms with Crippen molar-refractivity contribution in [3.63, 3.8) is 0 Å². The maximum atomic E-state index is 12.4. The second kappa shape index (κ2) is 5.86. The van der Waals surface area contributed by atoms with E-state index in [0.717, 1.165) is 11.0 Å². The number of anilines is 1. The predicted molar refractivity (Wildman–Crippen MR) is 95.3 cm³/mol. The molecule has 0 fully saturated rings. The maximum absolute atomic E-state index is 12.4. The molecular formula is C16H13BrClN3O2. The molecule has 23 heavy (non-hydrogen) atoms. The van der Waals surface area contributed by atoms with Gasteiger partial charge in [0.05, 0.1) is 27.3 Å². The van der Waals surface area contributed by atoms with E-state index in [1.165, 1.54) is 4.57 Å². The van der Waals surface area contributed by atoms with Crippen molar-refractivity contribution < 1.29 is 4.79 Å². The van der Waals surface area contributed by atoms with E-state index in [2.05, 4.69) is 21.2 Å². The fourth-order valence-electron chi connectivity index (χ4n) is 2.45. The van der Waals surface area contributed by atoms with Crippen LogP contribution in [0.5, 0.6) is 0 Å². The van der Waals surface area contributed by atoms with E-state index in [1.54, 1.807) is 55.1 Å². The molecule has 118 valence electrons. The molecule has 2 aromatic carbocycles. The second-order valence-corrected chi connectivity index (χ2v) is 6.42. The molecule has 0 bridgehead atoms. The lowest BCUT2D eigenvalue weighted by Crippen LogP contribution is -2.19. The van der Waals surface area contributed by atoms with Crippen LogP contribution >= 0.6 is 27.5 Å². The lowest BCUT2D eigenvalue weighted by atomic mass is 10.2. The van der Waals surface area contributed by atoms with Crippen LogP contribution in [-0.2, 0) is 14.1 Å². The summed E-state index contributed by atoms with van der Waals surface area (Å²) in [5, 5.41) is 3.20. The smallest absolute Gasteiger partial charge is 0.321 e. The monoisotopic (exact) mass is 393 g/mol. The van der Waals surface area contributed by atoms with Gasteiger partial charge in [0.25, 0.3) is 5.91 Å². The van der Waals surface area contributed by atoms with E-state index in [-0.39, 0.29) is 11.6 Å². The molecule has 0 unspecified atom stereocenters. The summed E-state index contributed by atoms with van der Waals surface area (Å²) in [4.78, 5) is 24.4. The largest absolute Gasteiger partial charge is 0.328 e. The molecule has 0 spiro atoms. The van der Waals surface area contributed by atoms with E-state index in [4.69, 9.17) is 11.6 Å². The van der Waals surface area contributed by atoms with E-state index >= 15 is 0 Å². The average Bonchev–Trinajstić information content (AvgIpc) is 2.73. The highest BCUT2D eigenvalue weighted by atomic mass is 79.9. The van der Waals surface area contributed by atoms with Crippen molar-refractivity contribution in [1.29, 1.82) is 0 Å². The molecule has 0 radical (unpaired) electrons. The number of amides is 1. The third kappa shape index (κ3) is 2.68. The Morgan fingerprint density at radius 1 is 1.13 bits per heavy atom. The standard InChI is InChI=1S/C16H13BrClN3O2/c1-20-13-7-10(17)12(8-14(13)21(2)16(20)23)19-15(22)9-5-3-4-6-11(9)18/h3-8H,1-2H3,(H,19,22). The number of hydrogen-bond donors (Lipinski definition) is 1. The van der Waals surface area contributed by atoms with Crippen LogP contribution in [0, 0.1) is 0 Å². The van der Waals surface area contributed by atoms with Gasteiger partial charge in [-0.05, 0) is 40.2 Å². The molecular weight excluding hydrogens is 382 g/mol. The van der Waals surface area contributed by atoms with Crippen molar-refractivity contribution in [2.75, 3.05) is 5.32 Å². The Balaban J connectivity index is 2.05. The fourth-order valence-corrected chi connectivity index (χ4v) is 3.10. The second-order valence-electron chi connectivity index (χ2n) is 5.16. The number of fused-ring (bicyclic) bond motifs is 1. The Labute approximate surface area is 145 Å². The third-order valence-electron chi connectivity index (χ3n) is 3.73. The molecule has 3 aromatic rings. The number of carbonyl (C=O) groups excluding carboxylic acids is 1. The van der Waals surface area contributed by atoms with Gasteiger partial charge in [0.1, 0.15) is 0 Å². The van der Waals surface area contributed by atoms with Crippen molar-refractivity contribution in [3.05, 3.63) is 61.9 Å². The topological polar surface area (TPSA) is 56.0 Å². The summed E-state index contributed by atoms with van der Waals surface area (Å²) in [6.07, 6.45) is 0. The Morgan fingerprint density at radius 2 is 1.74 bits per heavy atom. The van der Waals surface area contributed by atoms with Crippen molar-refractivity contribution in [2.45, 2.75) is 0 Å². The highest BCUT2D eigenvalue weighted by Crippen LogP contribution is 2.28. The number of nitrogens with one attached hydrogen (secondary N) is 1. The summed E-state index contributed by atoms with van der Waals surface area (Å²) in [5.41, 5.74) is 2.35. The normalized spacial score (nSPS) is 11.0. The van der Waals surface area contributed by atoms with Crippen LogP contribution in [0.4, 0.5) is 5.69 Å². The first kappa shape index (κ1) is 15.8. The van der Waals surface area contributed by atoms with Crippen molar-refractivity contribution in [2.24, 2.45) is 14.1 Å². The van der Waals surface area contributed by atoms with E-state index < -0.39 is 0 Å². The average molecular weight is 395 g/mol. The zero-order chi connectivity index (χ0) is 16.7. The van der Waals surface area contributed by atoms with Crippen LogP contribution in [0.15, 0.2) is 45.7 Å². The summed E-state index contributed by atoms with van der Waals surface area (Å²) in [6, 6.07) is 10.4. The predicted octanol–water partition coefficient (Wildman–Crippen LogP) is 3.55. The fraction of sp³-hybridized carbons (Fsp3) is 0.125. The van der Waals surface area contributed by atoms with Crippen LogP contribution in [0.1, 0.15) is 10.4 Å². The van der Waals surface area contributed by atoms with Crippen molar-refractivity contribution >= 4 is 50.2 Å². The molecule has 1 amide bonds. The molecule has 0 aliphatic rings. The number of imidazole rings is 1. The zero-order valence-corrected chi connectivity index (χ0v) is 14.8. The van der Waals surface area contributed by atoms with Gasteiger partial charge in [-0.25, -0.2) is 4.79 Å². The van der Waals surface area contributed by atoms with Crippen molar-refractivity contribution in [3.8, 4) is 0 Å². The van der Waals surface area contributed by atoms with E-state index in [0.29, 0.717) is 20.7 Å². The van der Waals surface area contributed by atoms with Gasteiger partial charge in [0, 0.05) is 18.6 Å². The molecule has 0 aliphatic heterocycles. The number of rotatable bonds is 2. The third-order valence-corrected chi connectivity index (χ3v) is 4.71. The van der Waals surface area contributed by atoms with Crippen LogP contribution in [0.25, 0.3) is 11.0 Å². The summed E-state index contributed by atoms with van der Waals surface area (Å²) in [6.45, 7) is 0. The van der Waals surface area contributed by atoms with E-state index in [9.17, 15) is 9.59 Å². The summed E-state index contributed by atoms with van der Waals surface area (Å²) in [7, 11) is 3.40. The van der Waals surface area contributed by atoms with Crippen molar-refractivity contribution in [1.82, 2.24) is 9.13 Å². The van der Waals surface area contributed by atoms with Gasteiger partial charge in [-0.15, -0.1) is 0 Å². The Hall–Kier alpha value is -2.05. The van der Waals surface area contributed by atoms with Crippen LogP contribution in [0.3, 0.4) is 0 Å². The molecule has 7 heteroatoms. The first-order valence-electron chi connectivity index (χ1n) is 6.81. The summed E-state index contributed by atoms with van der Waals surface area (Å²) in [5.74, 6) is -0.309.